The van der Waals surface area contributed by atoms with Crippen molar-refractivity contribution < 1.29 is 23.9 Å². The van der Waals surface area contributed by atoms with E-state index in [1.54, 1.807) is 31.2 Å². The number of hydrogen-bond donors (Lipinski definition) is 0. The standard InChI is InChI=1S/C22H20N2O5/c1-3-29-22(27)19-17-16(18(23-19)13-7-5-4-6-8-13)20(25)24(21(17)26)14-9-11-15(28-2)12-10-14/h4-12,16-17,19H,3H2,1-2H3/t16-,17+,19+/m0/s1. The maximum absolute atomic E-state index is 13.3. The second-order valence-corrected chi connectivity index (χ2v) is 6.79. The van der Waals surface area contributed by atoms with Gasteiger partial charge in [0.25, 0.3) is 0 Å². The first-order chi connectivity index (χ1) is 14.1. The molecule has 148 valence electrons. The molecule has 2 aromatic carbocycles. The number of imide groups is 1. The number of hydrogen-bond acceptors (Lipinski definition) is 6. The third-order valence-electron chi connectivity index (χ3n) is 5.19. The first-order valence-electron chi connectivity index (χ1n) is 9.38. The molecule has 7 nitrogen and oxygen atoms in total. The normalized spacial score (nSPS) is 23.0. The second-order valence-electron chi connectivity index (χ2n) is 6.79. The van der Waals surface area contributed by atoms with E-state index < -0.39 is 29.8 Å². The SMILES string of the molecule is CCOC(=O)[C@@H]1N=C(c2ccccc2)[C@H]2C(=O)N(c3ccc(OC)cc3)C(=O)[C@H]21. The third-order valence-corrected chi connectivity index (χ3v) is 5.19. The van der Waals surface area contributed by atoms with Crippen molar-refractivity contribution in [2.45, 2.75) is 13.0 Å². The van der Waals surface area contributed by atoms with Crippen molar-refractivity contribution in [2.24, 2.45) is 16.8 Å². The molecule has 2 amide bonds. The molecular weight excluding hydrogens is 372 g/mol. The largest absolute Gasteiger partial charge is 0.497 e. The molecule has 0 N–H and O–H groups in total. The van der Waals surface area contributed by atoms with Crippen LogP contribution in [-0.2, 0) is 19.1 Å². The highest BCUT2D eigenvalue weighted by Gasteiger charge is 2.59. The third kappa shape index (κ3) is 3.08. The number of aliphatic imine (C=N–C) groups is 1. The molecule has 29 heavy (non-hydrogen) atoms. The lowest BCUT2D eigenvalue weighted by molar-refractivity contribution is -0.147. The highest BCUT2D eigenvalue weighted by Crippen LogP contribution is 2.41. The summed E-state index contributed by atoms with van der Waals surface area (Å²) in [5, 5.41) is 0. The number of fused-ring (bicyclic) bond motifs is 1. The minimum absolute atomic E-state index is 0.174. The van der Waals surface area contributed by atoms with E-state index in [4.69, 9.17) is 9.47 Å². The topological polar surface area (TPSA) is 85.3 Å². The smallest absolute Gasteiger partial charge is 0.331 e. The molecule has 0 aliphatic carbocycles. The van der Waals surface area contributed by atoms with Gasteiger partial charge in [0, 0.05) is 0 Å². The number of methoxy groups -OCH3 is 1. The molecule has 0 spiro atoms. The highest BCUT2D eigenvalue weighted by atomic mass is 16.5. The van der Waals surface area contributed by atoms with E-state index in [0.29, 0.717) is 22.7 Å². The van der Waals surface area contributed by atoms with E-state index >= 15 is 0 Å². The van der Waals surface area contributed by atoms with Crippen molar-refractivity contribution in [1.29, 1.82) is 0 Å². The van der Waals surface area contributed by atoms with Gasteiger partial charge in [-0.3, -0.25) is 14.6 Å². The fraction of sp³-hybridized carbons (Fsp3) is 0.273. The van der Waals surface area contributed by atoms with Gasteiger partial charge in [-0.15, -0.1) is 0 Å². The Hall–Kier alpha value is -3.48. The molecule has 7 heteroatoms. The van der Waals surface area contributed by atoms with E-state index in [2.05, 4.69) is 4.99 Å². The summed E-state index contributed by atoms with van der Waals surface area (Å²) in [6.07, 6.45) is 0. The van der Waals surface area contributed by atoms with Crippen molar-refractivity contribution in [3.63, 3.8) is 0 Å². The Kier molecular flexibility index (Phi) is 4.88. The van der Waals surface area contributed by atoms with Crippen LogP contribution in [0, 0.1) is 11.8 Å². The van der Waals surface area contributed by atoms with Gasteiger partial charge in [0.1, 0.15) is 5.75 Å². The van der Waals surface area contributed by atoms with Crippen LogP contribution in [-0.4, -0.2) is 43.3 Å². The summed E-state index contributed by atoms with van der Waals surface area (Å²) in [5.41, 5.74) is 1.60. The predicted octanol–water partition coefficient (Wildman–Crippen LogP) is 2.24. The Morgan fingerprint density at radius 1 is 1.03 bits per heavy atom. The van der Waals surface area contributed by atoms with Gasteiger partial charge >= 0.3 is 5.97 Å². The van der Waals surface area contributed by atoms with Crippen LogP contribution in [0.25, 0.3) is 0 Å². The number of rotatable bonds is 5. The lowest BCUT2D eigenvalue weighted by atomic mass is 9.86. The monoisotopic (exact) mass is 392 g/mol. The fourth-order valence-corrected chi connectivity index (χ4v) is 3.88. The van der Waals surface area contributed by atoms with Gasteiger partial charge in [0.15, 0.2) is 6.04 Å². The summed E-state index contributed by atoms with van der Waals surface area (Å²) < 4.78 is 10.3. The fourth-order valence-electron chi connectivity index (χ4n) is 3.88. The molecule has 2 heterocycles. The molecule has 0 radical (unpaired) electrons. The average molecular weight is 392 g/mol. The van der Waals surface area contributed by atoms with Crippen LogP contribution < -0.4 is 9.64 Å². The van der Waals surface area contributed by atoms with E-state index in [0.717, 1.165) is 4.90 Å². The van der Waals surface area contributed by atoms with Crippen LogP contribution in [0.3, 0.4) is 0 Å². The van der Waals surface area contributed by atoms with Crippen molar-refractivity contribution in [3.05, 3.63) is 60.2 Å². The minimum atomic E-state index is -1.03. The maximum atomic E-state index is 13.3. The number of carbonyl (C=O) groups excluding carboxylic acids is 3. The summed E-state index contributed by atoms with van der Waals surface area (Å²) in [7, 11) is 1.54. The molecule has 1 saturated heterocycles. The van der Waals surface area contributed by atoms with Crippen molar-refractivity contribution in [2.75, 3.05) is 18.6 Å². The summed E-state index contributed by atoms with van der Waals surface area (Å²) in [6, 6.07) is 14.8. The minimum Gasteiger partial charge on any atom is -0.497 e. The number of anilines is 1. The molecular formula is C22H20N2O5. The molecule has 2 aliphatic rings. The Morgan fingerprint density at radius 2 is 1.72 bits per heavy atom. The van der Waals surface area contributed by atoms with E-state index in [1.807, 2.05) is 30.3 Å². The van der Waals surface area contributed by atoms with E-state index in [9.17, 15) is 14.4 Å². The van der Waals surface area contributed by atoms with Crippen LogP contribution in [0.2, 0.25) is 0 Å². The van der Waals surface area contributed by atoms with Crippen molar-refractivity contribution in [1.82, 2.24) is 0 Å². The Morgan fingerprint density at radius 3 is 2.34 bits per heavy atom. The van der Waals surface area contributed by atoms with Gasteiger partial charge in [-0.2, -0.15) is 0 Å². The van der Waals surface area contributed by atoms with Gasteiger partial charge < -0.3 is 9.47 Å². The van der Waals surface area contributed by atoms with E-state index in [1.165, 1.54) is 7.11 Å². The summed E-state index contributed by atoms with van der Waals surface area (Å²) in [4.78, 5) is 44.7. The Labute approximate surface area is 167 Å². The molecule has 1 fully saturated rings. The van der Waals surface area contributed by atoms with Gasteiger partial charge in [0.2, 0.25) is 11.8 Å². The van der Waals surface area contributed by atoms with Crippen molar-refractivity contribution >= 4 is 29.2 Å². The van der Waals surface area contributed by atoms with Crippen LogP contribution in [0.1, 0.15) is 12.5 Å². The maximum Gasteiger partial charge on any atom is 0.331 e. The predicted molar refractivity (Wildman–Crippen MR) is 106 cm³/mol. The van der Waals surface area contributed by atoms with Crippen LogP contribution in [0.15, 0.2) is 59.6 Å². The van der Waals surface area contributed by atoms with Gasteiger partial charge in [0.05, 0.1) is 37.0 Å². The number of carbonyl (C=O) groups is 3. The first-order valence-corrected chi connectivity index (χ1v) is 9.38. The summed E-state index contributed by atoms with van der Waals surface area (Å²) in [5.74, 6) is -2.53. The van der Waals surface area contributed by atoms with Crippen LogP contribution >= 0.6 is 0 Å². The zero-order valence-corrected chi connectivity index (χ0v) is 16.1. The van der Waals surface area contributed by atoms with Crippen LogP contribution in [0.5, 0.6) is 5.75 Å². The average Bonchev–Trinajstić information content (AvgIpc) is 3.26. The number of benzene rings is 2. The van der Waals surface area contributed by atoms with Gasteiger partial charge in [-0.25, -0.2) is 9.69 Å². The molecule has 2 aliphatic heterocycles. The zero-order chi connectivity index (χ0) is 20.5. The zero-order valence-electron chi connectivity index (χ0n) is 16.1. The number of nitrogens with zero attached hydrogens (tertiary/aromatic N) is 2. The molecule has 0 unspecified atom stereocenters. The quantitative estimate of drug-likeness (QED) is 0.575. The summed E-state index contributed by atoms with van der Waals surface area (Å²) >= 11 is 0. The molecule has 4 rings (SSSR count). The molecule has 3 atom stereocenters. The lowest BCUT2D eigenvalue weighted by Gasteiger charge is -2.17. The Balaban J connectivity index is 1.76. The highest BCUT2D eigenvalue weighted by molar-refractivity contribution is 6.33. The number of esters is 1. The number of amides is 2. The first kappa shape index (κ1) is 18.9. The molecule has 0 aromatic heterocycles. The van der Waals surface area contributed by atoms with Crippen molar-refractivity contribution in [3.8, 4) is 5.75 Å². The summed E-state index contributed by atoms with van der Waals surface area (Å²) in [6.45, 7) is 1.87. The second kappa shape index (κ2) is 7.50. The van der Waals surface area contributed by atoms with Gasteiger partial charge in [-0.1, -0.05) is 30.3 Å². The molecule has 2 aromatic rings. The van der Waals surface area contributed by atoms with Gasteiger partial charge in [-0.05, 0) is 36.8 Å². The number of ether oxygens (including phenoxy) is 2. The molecule has 0 bridgehead atoms. The lowest BCUT2D eigenvalue weighted by Crippen LogP contribution is -2.36. The van der Waals surface area contributed by atoms with E-state index in [-0.39, 0.29) is 12.5 Å². The molecule has 0 saturated carbocycles. The Bertz CT molecular complexity index is 984. The van der Waals surface area contributed by atoms with Crippen LogP contribution in [0.4, 0.5) is 5.69 Å².